The predicted octanol–water partition coefficient (Wildman–Crippen LogP) is 3.49. The van der Waals surface area contributed by atoms with Gasteiger partial charge in [0.25, 0.3) is 5.56 Å². The number of nitrogens with zero attached hydrogens (tertiary/aromatic N) is 1. The molecule has 0 aliphatic heterocycles. The lowest BCUT2D eigenvalue weighted by atomic mass is 10.1. The molecule has 1 aromatic heterocycles. The van der Waals surface area contributed by atoms with Gasteiger partial charge in [0.15, 0.2) is 5.02 Å². The summed E-state index contributed by atoms with van der Waals surface area (Å²) in [5.41, 5.74) is 1.32. The molecule has 0 atom stereocenters. The highest BCUT2D eigenvalue weighted by molar-refractivity contribution is 6.32. The number of hydrogen-bond donors (Lipinski definition) is 1. The highest BCUT2D eigenvalue weighted by atomic mass is 35.5. The van der Waals surface area contributed by atoms with E-state index in [2.05, 4.69) is 9.97 Å². The third-order valence-electron chi connectivity index (χ3n) is 2.39. The molecule has 0 fully saturated rings. The van der Waals surface area contributed by atoms with Crippen LogP contribution in [0.3, 0.4) is 0 Å². The average molecular weight is 285 g/mol. The van der Waals surface area contributed by atoms with Gasteiger partial charge in [-0.3, -0.25) is 4.79 Å². The van der Waals surface area contributed by atoms with Crippen LogP contribution in [0, 0.1) is 13.8 Å². The molecule has 6 heteroatoms. The van der Waals surface area contributed by atoms with Crippen molar-refractivity contribution in [2.75, 3.05) is 0 Å². The maximum atomic E-state index is 11.3. The van der Waals surface area contributed by atoms with E-state index in [0.29, 0.717) is 10.8 Å². The van der Waals surface area contributed by atoms with E-state index >= 15 is 0 Å². The van der Waals surface area contributed by atoms with Crippen LogP contribution in [0.25, 0.3) is 0 Å². The van der Waals surface area contributed by atoms with Gasteiger partial charge in [0, 0.05) is 5.02 Å². The summed E-state index contributed by atoms with van der Waals surface area (Å²) in [4.78, 5) is 17.5. The van der Waals surface area contributed by atoms with Crippen molar-refractivity contribution in [2.24, 2.45) is 0 Å². The Labute approximate surface area is 114 Å². The lowest BCUT2D eigenvalue weighted by Gasteiger charge is -2.09. The minimum absolute atomic E-state index is 0.0709. The Morgan fingerprint density at radius 2 is 1.78 bits per heavy atom. The SMILES string of the molecule is Cc1cc(Oc2nc[nH]c(=O)c2Cl)cc(C)c1Cl. The van der Waals surface area contributed by atoms with Crippen molar-refractivity contribution in [1.29, 1.82) is 0 Å². The van der Waals surface area contributed by atoms with Gasteiger partial charge in [0.2, 0.25) is 5.88 Å². The zero-order valence-corrected chi connectivity index (χ0v) is 11.3. The molecular weight excluding hydrogens is 275 g/mol. The summed E-state index contributed by atoms with van der Waals surface area (Å²) in [6.07, 6.45) is 1.24. The van der Waals surface area contributed by atoms with Crippen molar-refractivity contribution in [1.82, 2.24) is 9.97 Å². The molecule has 0 radical (unpaired) electrons. The summed E-state index contributed by atoms with van der Waals surface area (Å²) in [5.74, 6) is 0.607. The molecule has 0 saturated carbocycles. The summed E-state index contributed by atoms with van der Waals surface area (Å²) in [7, 11) is 0. The molecule has 4 nitrogen and oxygen atoms in total. The van der Waals surface area contributed by atoms with Gasteiger partial charge in [-0.2, -0.15) is 0 Å². The monoisotopic (exact) mass is 284 g/mol. The third kappa shape index (κ3) is 2.49. The maximum absolute atomic E-state index is 11.3. The van der Waals surface area contributed by atoms with Gasteiger partial charge in [0.1, 0.15) is 5.75 Å². The molecule has 18 heavy (non-hydrogen) atoms. The number of aromatic nitrogens is 2. The number of aromatic amines is 1. The Kier molecular flexibility index (Phi) is 3.59. The van der Waals surface area contributed by atoms with E-state index in [-0.39, 0.29) is 10.9 Å². The second-order valence-electron chi connectivity index (χ2n) is 3.82. The Bertz CT molecular complexity index is 630. The Balaban J connectivity index is 2.40. The van der Waals surface area contributed by atoms with Crippen LogP contribution in [0.5, 0.6) is 11.6 Å². The number of rotatable bonds is 2. The molecule has 0 aliphatic carbocycles. The van der Waals surface area contributed by atoms with Crippen LogP contribution in [-0.4, -0.2) is 9.97 Å². The van der Waals surface area contributed by atoms with Crippen LogP contribution in [-0.2, 0) is 0 Å². The van der Waals surface area contributed by atoms with Gasteiger partial charge in [-0.1, -0.05) is 23.2 Å². The van der Waals surface area contributed by atoms with E-state index in [0.717, 1.165) is 11.1 Å². The quantitative estimate of drug-likeness (QED) is 0.919. The van der Waals surface area contributed by atoms with Crippen LogP contribution in [0.4, 0.5) is 0 Å². The van der Waals surface area contributed by atoms with Crippen LogP contribution in [0.1, 0.15) is 11.1 Å². The Hall–Kier alpha value is -1.52. The zero-order valence-electron chi connectivity index (χ0n) is 9.75. The van der Waals surface area contributed by atoms with Crippen molar-refractivity contribution < 1.29 is 4.74 Å². The van der Waals surface area contributed by atoms with Crippen molar-refractivity contribution in [2.45, 2.75) is 13.8 Å². The Morgan fingerprint density at radius 1 is 1.17 bits per heavy atom. The molecule has 2 aromatic rings. The van der Waals surface area contributed by atoms with Gasteiger partial charge in [0.05, 0.1) is 6.33 Å². The number of H-pyrrole nitrogens is 1. The molecule has 0 saturated heterocycles. The summed E-state index contributed by atoms with van der Waals surface area (Å²) >= 11 is 11.9. The molecule has 0 bridgehead atoms. The van der Waals surface area contributed by atoms with Gasteiger partial charge >= 0.3 is 0 Å². The number of benzene rings is 1. The first-order chi connectivity index (χ1) is 8.49. The fraction of sp³-hybridized carbons (Fsp3) is 0.167. The minimum atomic E-state index is -0.441. The van der Waals surface area contributed by atoms with E-state index in [9.17, 15) is 4.79 Å². The standard InChI is InChI=1S/C12H10Cl2N2O2/c1-6-3-8(4-7(2)9(6)13)18-12-10(14)11(17)15-5-16-12/h3-5H,1-2H3,(H,15,16,17). The number of ether oxygens (including phenoxy) is 1. The molecule has 0 aliphatic rings. The summed E-state index contributed by atoms with van der Waals surface area (Å²) < 4.78 is 5.48. The number of nitrogens with one attached hydrogen (secondary N) is 1. The lowest BCUT2D eigenvalue weighted by Crippen LogP contribution is -2.07. The number of halogens is 2. The largest absolute Gasteiger partial charge is 0.437 e. The molecule has 0 amide bonds. The van der Waals surface area contributed by atoms with Gasteiger partial charge in [-0.15, -0.1) is 0 Å². The van der Waals surface area contributed by atoms with Gasteiger partial charge in [-0.25, -0.2) is 4.98 Å². The van der Waals surface area contributed by atoms with Crippen molar-refractivity contribution in [3.8, 4) is 11.6 Å². The van der Waals surface area contributed by atoms with Crippen molar-refractivity contribution in [3.63, 3.8) is 0 Å². The minimum Gasteiger partial charge on any atom is -0.437 e. The van der Waals surface area contributed by atoms with Crippen LogP contribution < -0.4 is 10.3 Å². The normalized spacial score (nSPS) is 10.4. The topological polar surface area (TPSA) is 55.0 Å². The van der Waals surface area contributed by atoms with E-state index in [1.807, 2.05) is 13.8 Å². The second kappa shape index (κ2) is 5.00. The lowest BCUT2D eigenvalue weighted by molar-refractivity contribution is 0.460. The summed E-state index contributed by atoms with van der Waals surface area (Å²) in [5, 5.41) is 0.607. The van der Waals surface area contributed by atoms with E-state index in [1.165, 1.54) is 6.33 Å². The van der Waals surface area contributed by atoms with E-state index in [4.69, 9.17) is 27.9 Å². The molecule has 1 heterocycles. The van der Waals surface area contributed by atoms with Gasteiger partial charge in [-0.05, 0) is 37.1 Å². The van der Waals surface area contributed by atoms with E-state index in [1.54, 1.807) is 12.1 Å². The molecule has 94 valence electrons. The second-order valence-corrected chi connectivity index (χ2v) is 4.58. The highest BCUT2D eigenvalue weighted by Gasteiger charge is 2.10. The Morgan fingerprint density at radius 3 is 2.39 bits per heavy atom. The highest BCUT2D eigenvalue weighted by Crippen LogP contribution is 2.29. The fourth-order valence-corrected chi connectivity index (χ4v) is 1.77. The van der Waals surface area contributed by atoms with Gasteiger partial charge < -0.3 is 9.72 Å². The first kappa shape index (κ1) is 12.9. The first-order valence-electron chi connectivity index (χ1n) is 5.17. The maximum Gasteiger partial charge on any atom is 0.273 e. The smallest absolute Gasteiger partial charge is 0.273 e. The van der Waals surface area contributed by atoms with E-state index < -0.39 is 5.56 Å². The van der Waals surface area contributed by atoms with Crippen molar-refractivity contribution in [3.05, 3.63) is 50.0 Å². The zero-order chi connectivity index (χ0) is 13.3. The molecule has 0 spiro atoms. The van der Waals surface area contributed by atoms with Crippen LogP contribution in [0.2, 0.25) is 10.0 Å². The van der Waals surface area contributed by atoms with Crippen LogP contribution >= 0.6 is 23.2 Å². The summed E-state index contributed by atoms with van der Waals surface area (Å²) in [6, 6.07) is 3.52. The van der Waals surface area contributed by atoms with Crippen molar-refractivity contribution >= 4 is 23.2 Å². The molecule has 2 rings (SSSR count). The van der Waals surface area contributed by atoms with Crippen LogP contribution in [0.15, 0.2) is 23.3 Å². The molecule has 1 aromatic carbocycles. The molecule has 1 N–H and O–H groups in total. The summed E-state index contributed by atoms with van der Waals surface area (Å²) in [6.45, 7) is 3.74. The average Bonchev–Trinajstić information content (AvgIpc) is 2.32. The fourth-order valence-electron chi connectivity index (χ4n) is 1.51. The number of hydrogen-bond acceptors (Lipinski definition) is 3. The third-order valence-corrected chi connectivity index (χ3v) is 3.32. The predicted molar refractivity (Wildman–Crippen MR) is 70.9 cm³/mol. The molecular formula is C12H10Cl2N2O2. The number of aryl methyl sites for hydroxylation is 2. The first-order valence-corrected chi connectivity index (χ1v) is 5.92. The molecule has 0 unspecified atom stereocenters.